The lowest BCUT2D eigenvalue weighted by molar-refractivity contribution is -0.139. The zero-order valence-corrected chi connectivity index (χ0v) is 21.0. The van der Waals surface area contributed by atoms with E-state index in [9.17, 15) is 34.1 Å². The molecule has 0 bridgehead atoms. The second-order valence-electron chi connectivity index (χ2n) is 8.47. The van der Waals surface area contributed by atoms with Crippen molar-refractivity contribution in [2.75, 3.05) is 24.0 Å². The monoisotopic (exact) mass is 571 g/mol. The van der Waals surface area contributed by atoms with Crippen molar-refractivity contribution in [3.8, 4) is 0 Å². The van der Waals surface area contributed by atoms with E-state index in [-0.39, 0.29) is 16.7 Å². The summed E-state index contributed by atoms with van der Waals surface area (Å²) in [6.45, 7) is -0.363. The largest absolute Gasteiger partial charge is 0.480 e. The molecule has 0 saturated carbocycles. The van der Waals surface area contributed by atoms with Gasteiger partial charge in [-0.25, -0.2) is 9.48 Å². The van der Waals surface area contributed by atoms with Gasteiger partial charge in [0.25, 0.3) is 0 Å². The van der Waals surface area contributed by atoms with Gasteiger partial charge in [-0.15, -0.1) is 0 Å². The number of halogens is 1. The van der Waals surface area contributed by atoms with Crippen LogP contribution in [-0.2, 0) is 23.2 Å². The lowest BCUT2D eigenvalue weighted by atomic mass is 10.0. The van der Waals surface area contributed by atoms with Crippen LogP contribution in [0, 0.1) is 0 Å². The first kappa shape index (κ1) is 27.3. The highest BCUT2D eigenvalue weighted by molar-refractivity contribution is 7.70. The van der Waals surface area contributed by atoms with Gasteiger partial charge in [0.15, 0.2) is 17.8 Å². The molecule has 6 N–H and O–H groups in total. The number of nitrogens with zero attached hydrogens (tertiary/aromatic N) is 5. The van der Waals surface area contributed by atoms with E-state index in [1.54, 1.807) is 4.90 Å². The van der Waals surface area contributed by atoms with Crippen molar-refractivity contribution in [3.05, 3.63) is 11.5 Å². The highest BCUT2D eigenvalue weighted by atomic mass is 35.5. The van der Waals surface area contributed by atoms with Gasteiger partial charge >= 0.3 is 21.2 Å². The smallest absolute Gasteiger partial charge is 0.340 e. The topological polar surface area (TPSA) is 238 Å². The number of aliphatic carboxylic acids is 1. The van der Waals surface area contributed by atoms with E-state index in [0.29, 0.717) is 18.4 Å². The summed E-state index contributed by atoms with van der Waals surface area (Å²) in [7, 11) is -9.58. The molecule has 1 unspecified atom stereocenters. The Balaban J connectivity index is 1.60. The first-order valence-corrected chi connectivity index (χ1v) is 14.6. The SMILES string of the molecule is O=C(O)[C@H]1CCCCN1c1nc(Cl)nc2c1cnn2[C@@H]1O[C@H](COP(=O)(O)CP(=O)(O)O)[C@@H](O)[C@H]1O. The van der Waals surface area contributed by atoms with Crippen LogP contribution < -0.4 is 4.90 Å². The van der Waals surface area contributed by atoms with E-state index in [0.717, 1.165) is 17.5 Å². The van der Waals surface area contributed by atoms with Crippen molar-refractivity contribution < 1.29 is 53.2 Å². The van der Waals surface area contributed by atoms with E-state index in [1.165, 1.54) is 6.20 Å². The number of anilines is 1. The minimum Gasteiger partial charge on any atom is -0.480 e. The van der Waals surface area contributed by atoms with Gasteiger partial charge < -0.3 is 44.2 Å². The molecule has 2 aliphatic heterocycles. The summed E-state index contributed by atoms with van der Waals surface area (Å²) in [5, 5.41) is 34.8. The molecule has 2 aromatic rings. The summed E-state index contributed by atoms with van der Waals surface area (Å²) in [6, 6.07) is -0.838. The van der Waals surface area contributed by atoms with Crippen molar-refractivity contribution >= 4 is 49.6 Å². The van der Waals surface area contributed by atoms with Gasteiger partial charge in [-0.3, -0.25) is 9.13 Å². The van der Waals surface area contributed by atoms with Gasteiger partial charge in [0.2, 0.25) is 5.28 Å². The van der Waals surface area contributed by atoms with Crippen LogP contribution in [0.4, 0.5) is 5.82 Å². The second kappa shape index (κ2) is 10.2. The number of carboxylic acid groups (broad SMARTS) is 1. The predicted octanol–water partition coefficient (Wildman–Crippen LogP) is -0.120. The average Bonchev–Trinajstić information content (AvgIpc) is 3.31. The summed E-state index contributed by atoms with van der Waals surface area (Å²) in [6.07, 6.45) is -2.76. The summed E-state index contributed by atoms with van der Waals surface area (Å²) in [4.78, 5) is 49.1. The van der Waals surface area contributed by atoms with Crippen LogP contribution in [0.25, 0.3) is 11.0 Å². The molecule has 4 heterocycles. The molecule has 0 radical (unpaired) electrons. The standard InChI is InChI=1S/C17H24ClN5O11P2/c18-17-20-13(22-4-2-1-3-9(22)16(26)27)8-5-19-23(14(8)21-17)15-12(25)11(24)10(34-15)6-33-36(31,32)7-35(28,29)30/h5,9-12,15,24-25H,1-4,6-7H2,(H,26,27)(H,31,32)(H2,28,29,30)/t9-,10-,11-,12-,15-/m1/s1. The van der Waals surface area contributed by atoms with Crippen molar-refractivity contribution in [2.45, 2.75) is 49.8 Å². The third-order valence-corrected chi connectivity index (χ3v) is 9.47. The molecule has 2 saturated heterocycles. The number of aromatic nitrogens is 4. The van der Waals surface area contributed by atoms with Crippen LogP contribution in [0.15, 0.2) is 6.20 Å². The molecule has 0 amide bonds. The molecular formula is C17H24ClN5O11P2. The quantitative estimate of drug-likeness (QED) is 0.179. The molecule has 2 aromatic heterocycles. The average molecular weight is 572 g/mol. The Kier molecular flexibility index (Phi) is 7.75. The fourth-order valence-electron chi connectivity index (χ4n) is 4.26. The highest BCUT2D eigenvalue weighted by Crippen LogP contribution is 2.55. The molecule has 16 nitrogen and oxygen atoms in total. The van der Waals surface area contributed by atoms with Gasteiger partial charge in [0.05, 0.1) is 18.2 Å². The Morgan fingerprint density at radius 3 is 2.58 bits per heavy atom. The molecule has 6 atom stereocenters. The normalized spacial score (nSPS) is 28.9. The van der Waals surface area contributed by atoms with Gasteiger partial charge in [0.1, 0.15) is 30.2 Å². The number of rotatable bonds is 8. The Hall–Kier alpha value is -1.71. The number of hydrogen-bond acceptors (Lipinski definition) is 11. The fourth-order valence-corrected chi connectivity index (χ4v) is 6.99. The van der Waals surface area contributed by atoms with Crippen LogP contribution in [-0.4, -0.2) is 99.1 Å². The summed E-state index contributed by atoms with van der Waals surface area (Å²) < 4.78 is 34.3. The van der Waals surface area contributed by atoms with Gasteiger partial charge in [-0.2, -0.15) is 15.1 Å². The van der Waals surface area contributed by atoms with E-state index >= 15 is 0 Å². The molecule has 200 valence electrons. The first-order chi connectivity index (χ1) is 16.8. The molecule has 4 rings (SSSR count). The van der Waals surface area contributed by atoms with E-state index in [2.05, 4.69) is 15.1 Å². The summed E-state index contributed by atoms with van der Waals surface area (Å²) in [5.41, 5.74) is 0.0758. The number of piperidine rings is 1. The Bertz CT molecular complexity index is 1240. The van der Waals surface area contributed by atoms with E-state index in [4.69, 9.17) is 30.6 Å². The number of aliphatic hydroxyl groups excluding tert-OH is 2. The first-order valence-electron chi connectivity index (χ1n) is 10.7. The second-order valence-corrected chi connectivity index (χ2v) is 12.8. The summed E-state index contributed by atoms with van der Waals surface area (Å²) in [5.74, 6) is -2.22. The van der Waals surface area contributed by atoms with E-state index in [1.807, 2.05) is 0 Å². The van der Waals surface area contributed by atoms with Crippen LogP contribution in [0.3, 0.4) is 0 Å². The van der Waals surface area contributed by atoms with E-state index < -0.39 is 64.3 Å². The summed E-state index contributed by atoms with van der Waals surface area (Å²) >= 11 is 6.12. The number of carbonyl (C=O) groups is 1. The lowest BCUT2D eigenvalue weighted by Crippen LogP contribution is -2.45. The maximum absolute atomic E-state index is 11.9. The van der Waals surface area contributed by atoms with Crippen molar-refractivity contribution in [1.29, 1.82) is 0 Å². The van der Waals surface area contributed by atoms with Crippen molar-refractivity contribution in [3.63, 3.8) is 0 Å². The number of hydrogen-bond donors (Lipinski definition) is 6. The van der Waals surface area contributed by atoms with Gasteiger partial charge in [0, 0.05) is 6.54 Å². The minimum absolute atomic E-state index is 0.0758. The lowest BCUT2D eigenvalue weighted by Gasteiger charge is -2.34. The molecule has 0 spiro atoms. The molecule has 0 aliphatic carbocycles. The molecule has 2 fully saturated rings. The number of aliphatic hydroxyl groups is 2. The number of ether oxygens (including phenoxy) is 1. The molecule has 36 heavy (non-hydrogen) atoms. The molecule has 2 aliphatic rings. The van der Waals surface area contributed by atoms with Crippen LogP contribution in [0.1, 0.15) is 25.5 Å². The fraction of sp³-hybridized carbons (Fsp3) is 0.647. The van der Waals surface area contributed by atoms with Crippen LogP contribution in [0.5, 0.6) is 0 Å². The van der Waals surface area contributed by atoms with Crippen molar-refractivity contribution in [1.82, 2.24) is 19.7 Å². The Morgan fingerprint density at radius 2 is 1.92 bits per heavy atom. The minimum atomic E-state index is -4.86. The van der Waals surface area contributed by atoms with Gasteiger partial charge in [-0.05, 0) is 30.9 Å². The van der Waals surface area contributed by atoms with Gasteiger partial charge in [-0.1, -0.05) is 0 Å². The maximum atomic E-state index is 11.9. The highest BCUT2D eigenvalue weighted by Gasteiger charge is 2.46. The third kappa shape index (κ3) is 5.73. The van der Waals surface area contributed by atoms with Crippen LogP contribution in [0.2, 0.25) is 5.28 Å². The van der Waals surface area contributed by atoms with Crippen LogP contribution >= 0.6 is 26.8 Å². The molecule has 0 aromatic carbocycles. The number of carboxylic acids is 1. The molecular weight excluding hydrogens is 548 g/mol. The third-order valence-electron chi connectivity index (χ3n) is 5.85. The Morgan fingerprint density at radius 1 is 1.19 bits per heavy atom. The maximum Gasteiger partial charge on any atom is 0.340 e. The molecule has 19 heteroatoms. The van der Waals surface area contributed by atoms with Crippen molar-refractivity contribution in [2.24, 2.45) is 0 Å². The zero-order chi connectivity index (χ0) is 26.4. The number of fused-ring (bicyclic) bond motifs is 1. The Labute approximate surface area is 208 Å². The predicted molar refractivity (Wildman–Crippen MR) is 122 cm³/mol. The zero-order valence-electron chi connectivity index (χ0n) is 18.4.